The molecular weight excluding hydrogens is 500 g/mol. The van der Waals surface area contributed by atoms with Gasteiger partial charge in [-0.05, 0) is 47.7 Å². The normalized spacial score (nSPS) is 11.6. The molecule has 1 heterocycles. The quantitative estimate of drug-likeness (QED) is 0.136. The van der Waals surface area contributed by atoms with Gasteiger partial charge in [-0.3, -0.25) is 19.5 Å². The molecule has 0 unspecified atom stereocenters. The standard InChI is InChI=1S/C28H28N6O3S/c1-19-5-13-23(14-6-19)33-26(21-9-11-22(12-10-21)28(2,3)4)31-32-27(33)38-18-25(35)30-29-17-20-7-15-24(16-8-20)34(36)37/h5-17H,18H2,1-4H3,(H,30,35). The van der Waals surface area contributed by atoms with Crippen molar-refractivity contribution in [3.8, 4) is 17.1 Å². The molecule has 9 nitrogen and oxygen atoms in total. The van der Waals surface area contributed by atoms with Crippen LogP contribution in [0.15, 0.2) is 83.1 Å². The van der Waals surface area contributed by atoms with Crippen molar-refractivity contribution in [3.05, 3.63) is 99.6 Å². The lowest BCUT2D eigenvalue weighted by atomic mass is 9.87. The zero-order valence-electron chi connectivity index (χ0n) is 21.6. The van der Waals surface area contributed by atoms with E-state index in [-0.39, 0.29) is 22.8 Å². The van der Waals surface area contributed by atoms with Gasteiger partial charge >= 0.3 is 0 Å². The van der Waals surface area contributed by atoms with E-state index in [0.29, 0.717) is 16.5 Å². The van der Waals surface area contributed by atoms with Crippen LogP contribution in [0.4, 0.5) is 5.69 Å². The molecule has 38 heavy (non-hydrogen) atoms. The summed E-state index contributed by atoms with van der Waals surface area (Å²) in [5.74, 6) is 0.445. The van der Waals surface area contributed by atoms with E-state index in [1.807, 2.05) is 47.9 Å². The summed E-state index contributed by atoms with van der Waals surface area (Å²) in [6.45, 7) is 8.55. The van der Waals surface area contributed by atoms with Gasteiger partial charge in [0.05, 0.1) is 16.9 Å². The minimum absolute atomic E-state index is 0.00945. The minimum Gasteiger partial charge on any atom is -0.272 e. The van der Waals surface area contributed by atoms with Crippen LogP contribution in [-0.4, -0.2) is 37.6 Å². The number of aromatic nitrogens is 3. The summed E-state index contributed by atoms with van der Waals surface area (Å²) in [7, 11) is 0. The van der Waals surface area contributed by atoms with Crippen molar-refractivity contribution in [2.45, 2.75) is 38.3 Å². The Labute approximate surface area is 225 Å². The van der Waals surface area contributed by atoms with Gasteiger partial charge < -0.3 is 0 Å². The summed E-state index contributed by atoms with van der Waals surface area (Å²) < 4.78 is 1.95. The van der Waals surface area contributed by atoms with E-state index in [1.165, 1.54) is 35.7 Å². The lowest BCUT2D eigenvalue weighted by Gasteiger charge is -2.19. The second-order valence-corrected chi connectivity index (χ2v) is 10.7. The van der Waals surface area contributed by atoms with Crippen LogP contribution in [0, 0.1) is 17.0 Å². The first-order valence-electron chi connectivity index (χ1n) is 11.9. The molecule has 1 amide bonds. The Bertz CT molecular complexity index is 1450. The van der Waals surface area contributed by atoms with Crippen LogP contribution in [0.25, 0.3) is 17.1 Å². The number of nitrogens with one attached hydrogen (secondary N) is 1. The largest absolute Gasteiger partial charge is 0.272 e. The number of hydrazone groups is 1. The number of carbonyl (C=O) groups is 1. The number of thioether (sulfide) groups is 1. The Hall–Kier alpha value is -4.31. The van der Waals surface area contributed by atoms with Crippen LogP contribution in [0.3, 0.4) is 0 Å². The fraction of sp³-hybridized carbons (Fsp3) is 0.214. The van der Waals surface area contributed by atoms with Gasteiger partial charge in [0.15, 0.2) is 11.0 Å². The van der Waals surface area contributed by atoms with Gasteiger partial charge in [-0.1, -0.05) is 74.5 Å². The zero-order valence-corrected chi connectivity index (χ0v) is 22.4. The smallest absolute Gasteiger partial charge is 0.269 e. The van der Waals surface area contributed by atoms with E-state index in [1.54, 1.807) is 12.1 Å². The van der Waals surface area contributed by atoms with Crippen molar-refractivity contribution < 1.29 is 9.72 Å². The van der Waals surface area contributed by atoms with Gasteiger partial charge in [0.2, 0.25) is 0 Å². The predicted octanol–water partition coefficient (Wildman–Crippen LogP) is 5.69. The number of benzene rings is 3. The van der Waals surface area contributed by atoms with Crippen molar-refractivity contribution in [2.24, 2.45) is 5.10 Å². The molecular formula is C28H28N6O3S. The summed E-state index contributed by atoms with van der Waals surface area (Å²) in [6, 6.07) is 22.2. The molecule has 0 fully saturated rings. The van der Waals surface area contributed by atoms with Crippen LogP contribution in [-0.2, 0) is 10.2 Å². The number of carbonyl (C=O) groups excluding carboxylic acids is 1. The highest BCUT2D eigenvalue weighted by atomic mass is 32.2. The monoisotopic (exact) mass is 528 g/mol. The average molecular weight is 529 g/mol. The first-order chi connectivity index (χ1) is 18.1. The Morgan fingerprint density at radius 1 is 1.03 bits per heavy atom. The second-order valence-electron chi connectivity index (χ2n) is 9.73. The molecule has 0 radical (unpaired) electrons. The lowest BCUT2D eigenvalue weighted by Crippen LogP contribution is -2.20. The molecule has 1 N–H and O–H groups in total. The Kier molecular flexibility index (Phi) is 8.02. The summed E-state index contributed by atoms with van der Waals surface area (Å²) in [5, 5.41) is 24.1. The predicted molar refractivity (Wildman–Crippen MR) is 150 cm³/mol. The molecule has 1 aromatic heterocycles. The molecule has 0 bridgehead atoms. The zero-order chi connectivity index (χ0) is 27.3. The third-order valence-corrected chi connectivity index (χ3v) is 6.70. The summed E-state index contributed by atoms with van der Waals surface area (Å²) in [6.07, 6.45) is 1.43. The fourth-order valence-corrected chi connectivity index (χ4v) is 4.36. The second kappa shape index (κ2) is 11.4. The fourth-order valence-electron chi connectivity index (χ4n) is 3.62. The van der Waals surface area contributed by atoms with Crippen molar-refractivity contribution >= 4 is 29.6 Å². The van der Waals surface area contributed by atoms with Crippen LogP contribution in [0.5, 0.6) is 0 Å². The molecule has 0 atom stereocenters. The summed E-state index contributed by atoms with van der Waals surface area (Å²) in [5.41, 5.74) is 7.33. The number of hydrogen-bond donors (Lipinski definition) is 1. The Balaban J connectivity index is 1.50. The highest BCUT2D eigenvalue weighted by molar-refractivity contribution is 7.99. The van der Waals surface area contributed by atoms with E-state index in [4.69, 9.17) is 0 Å². The number of hydrogen-bond acceptors (Lipinski definition) is 7. The minimum atomic E-state index is -0.471. The third-order valence-electron chi connectivity index (χ3n) is 5.77. The molecule has 0 saturated carbocycles. The van der Waals surface area contributed by atoms with Gasteiger partial charge in [-0.25, -0.2) is 5.43 Å². The molecule has 0 aliphatic heterocycles. The third kappa shape index (κ3) is 6.51. The maximum Gasteiger partial charge on any atom is 0.269 e. The molecule has 0 aliphatic carbocycles. The number of nitro benzene ring substituents is 1. The van der Waals surface area contributed by atoms with E-state index >= 15 is 0 Å². The molecule has 3 aromatic carbocycles. The van der Waals surface area contributed by atoms with Gasteiger partial charge in [-0.2, -0.15) is 5.10 Å². The Morgan fingerprint density at radius 3 is 2.29 bits per heavy atom. The van der Waals surface area contributed by atoms with Crippen molar-refractivity contribution in [1.82, 2.24) is 20.2 Å². The number of rotatable bonds is 8. The van der Waals surface area contributed by atoms with Crippen molar-refractivity contribution in [1.29, 1.82) is 0 Å². The Morgan fingerprint density at radius 2 is 1.68 bits per heavy atom. The topological polar surface area (TPSA) is 115 Å². The van der Waals surface area contributed by atoms with Crippen LogP contribution in [0.2, 0.25) is 0 Å². The first-order valence-corrected chi connectivity index (χ1v) is 12.9. The van der Waals surface area contributed by atoms with Crippen LogP contribution >= 0.6 is 11.8 Å². The maximum absolute atomic E-state index is 12.5. The number of non-ortho nitro benzene ring substituents is 1. The van der Waals surface area contributed by atoms with E-state index in [0.717, 1.165) is 16.8 Å². The SMILES string of the molecule is Cc1ccc(-n2c(SCC(=O)NN=Cc3ccc([N+](=O)[O-])cc3)nnc2-c2ccc(C(C)(C)C)cc2)cc1. The highest BCUT2D eigenvalue weighted by Crippen LogP contribution is 2.30. The van der Waals surface area contributed by atoms with Crippen molar-refractivity contribution in [2.75, 3.05) is 5.75 Å². The molecule has 4 aromatic rings. The summed E-state index contributed by atoms with van der Waals surface area (Å²) >= 11 is 1.26. The maximum atomic E-state index is 12.5. The average Bonchev–Trinajstić information content (AvgIpc) is 3.32. The first kappa shape index (κ1) is 26.7. The van der Waals surface area contributed by atoms with Crippen LogP contribution < -0.4 is 5.43 Å². The number of aryl methyl sites for hydroxylation is 1. The lowest BCUT2D eigenvalue weighted by molar-refractivity contribution is -0.384. The van der Waals surface area contributed by atoms with Crippen molar-refractivity contribution in [3.63, 3.8) is 0 Å². The molecule has 0 spiro atoms. The van der Waals surface area contributed by atoms with Gasteiger partial charge in [0, 0.05) is 23.4 Å². The molecule has 0 aliphatic rings. The van der Waals surface area contributed by atoms with Gasteiger partial charge in [0.1, 0.15) is 0 Å². The summed E-state index contributed by atoms with van der Waals surface area (Å²) in [4.78, 5) is 22.8. The van der Waals surface area contributed by atoms with E-state index in [9.17, 15) is 14.9 Å². The molecule has 194 valence electrons. The highest BCUT2D eigenvalue weighted by Gasteiger charge is 2.19. The number of nitrogens with zero attached hydrogens (tertiary/aromatic N) is 5. The van der Waals surface area contributed by atoms with E-state index in [2.05, 4.69) is 53.6 Å². The number of nitro groups is 1. The number of amides is 1. The van der Waals surface area contributed by atoms with Crippen LogP contribution in [0.1, 0.15) is 37.5 Å². The molecule has 0 saturated heterocycles. The van der Waals surface area contributed by atoms with Gasteiger partial charge in [0.25, 0.3) is 11.6 Å². The molecule has 4 rings (SSSR count). The molecule has 10 heteroatoms. The van der Waals surface area contributed by atoms with E-state index < -0.39 is 4.92 Å². The van der Waals surface area contributed by atoms with Gasteiger partial charge in [-0.15, -0.1) is 10.2 Å².